The van der Waals surface area contributed by atoms with Crippen molar-refractivity contribution in [3.8, 4) is 6.07 Å². The third kappa shape index (κ3) is 1.96. The SMILES string of the molecule is CN(CC#N)C1CCCC1CN. The maximum Gasteiger partial charge on any atom is 0.0866 e. The molecule has 3 nitrogen and oxygen atoms in total. The Morgan fingerprint density at radius 3 is 2.92 bits per heavy atom. The van der Waals surface area contributed by atoms with E-state index in [-0.39, 0.29) is 0 Å². The first-order valence-electron chi connectivity index (χ1n) is 4.57. The van der Waals surface area contributed by atoms with E-state index in [9.17, 15) is 0 Å². The Kier molecular flexibility index (Phi) is 3.51. The van der Waals surface area contributed by atoms with Crippen LogP contribution in [0.2, 0.25) is 0 Å². The molecule has 1 saturated carbocycles. The minimum absolute atomic E-state index is 0.529. The van der Waals surface area contributed by atoms with Crippen molar-refractivity contribution in [1.29, 1.82) is 5.26 Å². The lowest BCUT2D eigenvalue weighted by Crippen LogP contribution is -2.37. The van der Waals surface area contributed by atoms with Gasteiger partial charge in [-0.15, -0.1) is 0 Å². The minimum Gasteiger partial charge on any atom is -0.330 e. The second-order valence-electron chi connectivity index (χ2n) is 3.57. The van der Waals surface area contributed by atoms with Crippen LogP contribution in [0.25, 0.3) is 0 Å². The third-order valence-electron chi connectivity index (χ3n) is 2.81. The lowest BCUT2D eigenvalue weighted by atomic mass is 10.0. The molecule has 0 aliphatic heterocycles. The van der Waals surface area contributed by atoms with Gasteiger partial charge in [0.1, 0.15) is 0 Å². The molecule has 1 rings (SSSR count). The molecule has 0 bridgehead atoms. The van der Waals surface area contributed by atoms with Gasteiger partial charge in [0.15, 0.2) is 0 Å². The molecule has 68 valence electrons. The predicted molar refractivity (Wildman–Crippen MR) is 48.4 cm³/mol. The van der Waals surface area contributed by atoms with Crippen LogP contribution < -0.4 is 5.73 Å². The fourth-order valence-corrected chi connectivity index (χ4v) is 2.10. The fourth-order valence-electron chi connectivity index (χ4n) is 2.10. The maximum atomic E-state index is 8.53. The highest BCUT2D eigenvalue weighted by Crippen LogP contribution is 2.27. The highest BCUT2D eigenvalue weighted by molar-refractivity contribution is 4.88. The molecular formula is C9H17N3. The molecule has 0 saturated heterocycles. The minimum atomic E-state index is 0.529. The second kappa shape index (κ2) is 4.44. The lowest BCUT2D eigenvalue weighted by molar-refractivity contribution is 0.222. The van der Waals surface area contributed by atoms with E-state index in [0.29, 0.717) is 18.5 Å². The summed E-state index contributed by atoms with van der Waals surface area (Å²) in [6.45, 7) is 1.29. The number of nitrogens with zero attached hydrogens (tertiary/aromatic N) is 2. The van der Waals surface area contributed by atoms with Crippen LogP contribution in [0.5, 0.6) is 0 Å². The normalized spacial score (nSPS) is 29.2. The fraction of sp³-hybridized carbons (Fsp3) is 0.889. The molecule has 1 aliphatic rings. The highest BCUT2D eigenvalue weighted by atomic mass is 15.1. The first-order valence-corrected chi connectivity index (χ1v) is 4.57. The third-order valence-corrected chi connectivity index (χ3v) is 2.81. The van der Waals surface area contributed by atoms with Crippen molar-refractivity contribution in [3.63, 3.8) is 0 Å². The van der Waals surface area contributed by atoms with Crippen molar-refractivity contribution in [2.45, 2.75) is 25.3 Å². The summed E-state index contributed by atoms with van der Waals surface area (Å²) in [7, 11) is 2.02. The number of hydrogen-bond donors (Lipinski definition) is 1. The predicted octanol–water partition coefficient (Wildman–Crippen LogP) is 0.569. The second-order valence-corrected chi connectivity index (χ2v) is 3.57. The first kappa shape index (κ1) is 9.50. The molecule has 3 heteroatoms. The first-order chi connectivity index (χ1) is 5.79. The molecule has 0 aromatic heterocycles. The van der Waals surface area contributed by atoms with Crippen LogP contribution in [0.1, 0.15) is 19.3 Å². The molecule has 2 atom stereocenters. The molecule has 0 spiro atoms. The van der Waals surface area contributed by atoms with Crippen LogP contribution in [-0.2, 0) is 0 Å². The highest BCUT2D eigenvalue weighted by Gasteiger charge is 2.28. The Bertz CT molecular complexity index is 173. The van der Waals surface area contributed by atoms with E-state index in [4.69, 9.17) is 11.0 Å². The van der Waals surface area contributed by atoms with E-state index in [1.807, 2.05) is 7.05 Å². The van der Waals surface area contributed by atoms with Gasteiger partial charge in [-0.2, -0.15) is 5.26 Å². The summed E-state index contributed by atoms with van der Waals surface area (Å²) in [6.07, 6.45) is 3.71. The van der Waals surface area contributed by atoms with Crippen LogP contribution in [0.15, 0.2) is 0 Å². The maximum absolute atomic E-state index is 8.53. The van der Waals surface area contributed by atoms with Gasteiger partial charge in [0.05, 0.1) is 12.6 Å². The van der Waals surface area contributed by atoms with Crippen molar-refractivity contribution in [2.24, 2.45) is 11.7 Å². The zero-order chi connectivity index (χ0) is 8.97. The molecule has 1 aliphatic carbocycles. The largest absolute Gasteiger partial charge is 0.330 e. The molecule has 0 heterocycles. The van der Waals surface area contributed by atoms with Gasteiger partial charge in [0.25, 0.3) is 0 Å². The average molecular weight is 167 g/mol. The molecule has 0 radical (unpaired) electrons. The average Bonchev–Trinajstić information content (AvgIpc) is 2.51. The van der Waals surface area contributed by atoms with Gasteiger partial charge in [-0.3, -0.25) is 4.90 Å². The summed E-state index contributed by atoms with van der Waals surface area (Å²) in [5.74, 6) is 0.614. The zero-order valence-electron chi connectivity index (χ0n) is 7.66. The summed E-state index contributed by atoms with van der Waals surface area (Å²) in [5, 5.41) is 8.53. The molecule has 2 N–H and O–H groups in total. The van der Waals surface area contributed by atoms with Crippen LogP contribution in [0.4, 0.5) is 0 Å². The number of nitrogens with two attached hydrogens (primary N) is 1. The van der Waals surface area contributed by atoms with Gasteiger partial charge in [0, 0.05) is 6.04 Å². The van der Waals surface area contributed by atoms with Crippen LogP contribution in [0.3, 0.4) is 0 Å². The van der Waals surface area contributed by atoms with Crippen molar-refractivity contribution in [3.05, 3.63) is 0 Å². The van der Waals surface area contributed by atoms with Crippen molar-refractivity contribution in [1.82, 2.24) is 4.90 Å². The van der Waals surface area contributed by atoms with E-state index in [1.165, 1.54) is 19.3 Å². The number of rotatable bonds is 3. The molecule has 0 aromatic carbocycles. The van der Waals surface area contributed by atoms with E-state index >= 15 is 0 Å². The topological polar surface area (TPSA) is 53.0 Å². The van der Waals surface area contributed by atoms with E-state index < -0.39 is 0 Å². The molecule has 0 amide bonds. The molecule has 12 heavy (non-hydrogen) atoms. The lowest BCUT2D eigenvalue weighted by Gasteiger charge is -2.26. The van der Waals surface area contributed by atoms with Crippen molar-refractivity contribution >= 4 is 0 Å². The van der Waals surface area contributed by atoms with Gasteiger partial charge < -0.3 is 5.73 Å². The summed E-state index contributed by atoms with van der Waals surface area (Å²) in [6, 6.07) is 2.72. The summed E-state index contributed by atoms with van der Waals surface area (Å²) in [4.78, 5) is 2.13. The number of nitriles is 1. The molecular weight excluding hydrogens is 150 g/mol. The van der Waals surface area contributed by atoms with Crippen molar-refractivity contribution in [2.75, 3.05) is 20.1 Å². The summed E-state index contributed by atoms with van der Waals surface area (Å²) >= 11 is 0. The summed E-state index contributed by atoms with van der Waals surface area (Å²) < 4.78 is 0. The molecule has 0 aromatic rings. The Labute approximate surface area is 74.1 Å². The van der Waals surface area contributed by atoms with E-state index in [0.717, 1.165) is 6.54 Å². The monoisotopic (exact) mass is 167 g/mol. The van der Waals surface area contributed by atoms with Gasteiger partial charge in [-0.25, -0.2) is 0 Å². The van der Waals surface area contributed by atoms with E-state index in [2.05, 4.69) is 11.0 Å². The van der Waals surface area contributed by atoms with Crippen LogP contribution >= 0.6 is 0 Å². The smallest absolute Gasteiger partial charge is 0.0866 e. The Hall–Kier alpha value is -0.590. The van der Waals surface area contributed by atoms with Gasteiger partial charge >= 0.3 is 0 Å². The standard InChI is InChI=1S/C9H17N3/c1-12(6-5-10)9-4-2-3-8(9)7-11/h8-9H,2-4,6-7,11H2,1H3. The Morgan fingerprint density at radius 2 is 2.33 bits per heavy atom. The van der Waals surface area contributed by atoms with Gasteiger partial charge in [-0.05, 0) is 32.4 Å². The Balaban J connectivity index is 2.44. The van der Waals surface area contributed by atoms with Crippen LogP contribution in [0, 0.1) is 17.2 Å². The zero-order valence-corrected chi connectivity index (χ0v) is 7.66. The quantitative estimate of drug-likeness (QED) is 0.625. The molecule has 2 unspecified atom stereocenters. The van der Waals surface area contributed by atoms with E-state index in [1.54, 1.807) is 0 Å². The van der Waals surface area contributed by atoms with Gasteiger partial charge in [-0.1, -0.05) is 6.42 Å². The Morgan fingerprint density at radius 1 is 1.58 bits per heavy atom. The summed E-state index contributed by atoms with van der Waals surface area (Å²) in [5.41, 5.74) is 5.65. The van der Waals surface area contributed by atoms with Crippen molar-refractivity contribution < 1.29 is 0 Å². The molecule has 1 fully saturated rings. The number of hydrogen-bond acceptors (Lipinski definition) is 3. The van der Waals surface area contributed by atoms with Crippen LogP contribution in [-0.4, -0.2) is 31.1 Å². The van der Waals surface area contributed by atoms with Gasteiger partial charge in [0.2, 0.25) is 0 Å².